The average Bonchev–Trinajstić information content (AvgIpc) is 2.64. The van der Waals surface area contributed by atoms with Crippen LogP contribution in [-0.2, 0) is 9.59 Å². The van der Waals surface area contributed by atoms with Gasteiger partial charge in [-0.2, -0.15) is 0 Å². The van der Waals surface area contributed by atoms with Gasteiger partial charge in [-0.05, 0) is 12.8 Å². The van der Waals surface area contributed by atoms with E-state index in [1.807, 2.05) is 0 Å². The van der Waals surface area contributed by atoms with E-state index in [9.17, 15) is 9.59 Å². The Balaban J connectivity index is 2.52. The fraction of sp³-hybridized carbons (Fsp3) is 0.800. The number of aliphatic hydroxyl groups excluding tert-OH is 1. The van der Waals surface area contributed by atoms with Crippen molar-refractivity contribution in [2.24, 2.45) is 5.41 Å². The Kier molecular flexibility index (Phi) is 4.08. The largest absolute Gasteiger partial charge is 0.481 e. The van der Waals surface area contributed by atoms with Crippen LogP contribution in [0.1, 0.15) is 32.1 Å². The first-order valence-corrected chi connectivity index (χ1v) is 5.22. The van der Waals surface area contributed by atoms with Crippen molar-refractivity contribution in [2.45, 2.75) is 32.1 Å². The van der Waals surface area contributed by atoms with Crippen molar-refractivity contribution >= 4 is 11.9 Å². The zero-order valence-electron chi connectivity index (χ0n) is 8.66. The van der Waals surface area contributed by atoms with E-state index in [0.717, 1.165) is 12.8 Å². The Morgan fingerprint density at radius 2 is 1.87 bits per heavy atom. The SMILES string of the molecule is O=C(CC1(C(=O)O)CCCC1)NCCO. The van der Waals surface area contributed by atoms with Gasteiger partial charge in [0.05, 0.1) is 12.0 Å². The standard InChI is InChI=1S/C10H17NO4/c12-6-5-11-8(13)7-10(9(14)15)3-1-2-4-10/h12H,1-7H2,(H,11,13)(H,14,15). The number of rotatable bonds is 5. The van der Waals surface area contributed by atoms with Gasteiger partial charge in [-0.3, -0.25) is 9.59 Å². The Morgan fingerprint density at radius 1 is 1.27 bits per heavy atom. The van der Waals surface area contributed by atoms with Gasteiger partial charge in [0.15, 0.2) is 0 Å². The van der Waals surface area contributed by atoms with Crippen LogP contribution < -0.4 is 5.32 Å². The molecule has 0 bridgehead atoms. The van der Waals surface area contributed by atoms with Crippen molar-refractivity contribution in [2.75, 3.05) is 13.2 Å². The molecule has 1 fully saturated rings. The lowest BCUT2D eigenvalue weighted by atomic mass is 9.82. The summed E-state index contributed by atoms with van der Waals surface area (Å²) in [6, 6.07) is 0. The number of carbonyl (C=O) groups is 2. The van der Waals surface area contributed by atoms with E-state index < -0.39 is 11.4 Å². The second-order valence-corrected chi connectivity index (χ2v) is 4.04. The maximum Gasteiger partial charge on any atom is 0.310 e. The molecule has 0 aromatic rings. The normalized spacial score (nSPS) is 18.7. The van der Waals surface area contributed by atoms with Gasteiger partial charge >= 0.3 is 5.97 Å². The number of carboxylic acid groups (broad SMARTS) is 1. The first-order valence-electron chi connectivity index (χ1n) is 5.22. The lowest BCUT2D eigenvalue weighted by molar-refractivity contribution is -0.151. The maximum atomic E-state index is 11.4. The molecule has 0 aromatic carbocycles. The monoisotopic (exact) mass is 215 g/mol. The molecule has 0 aliphatic heterocycles. The second kappa shape index (κ2) is 5.11. The van der Waals surface area contributed by atoms with Crippen LogP contribution in [0.5, 0.6) is 0 Å². The van der Waals surface area contributed by atoms with E-state index in [-0.39, 0.29) is 25.5 Å². The topological polar surface area (TPSA) is 86.6 Å². The first kappa shape index (κ1) is 12.0. The molecule has 0 unspecified atom stereocenters. The number of carboxylic acids is 1. The summed E-state index contributed by atoms with van der Waals surface area (Å²) in [6.07, 6.45) is 2.94. The number of carbonyl (C=O) groups excluding carboxylic acids is 1. The second-order valence-electron chi connectivity index (χ2n) is 4.04. The molecule has 0 heterocycles. The molecule has 5 nitrogen and oxygen atoms in total. The summed E-state index contributed by atoms with van der Waals surface area (Å²) in [7, 11) is 0. The minimum absolute atomic E-state index is 0.0301. The summed E-state index contributed by atoms with van der Waals surface area (Å²) in [5.41, 5.74) is -0.862. The predicted molar refractivity (Wildman–Crippen MR) is 53.2 cm³/mol. The molecule has 0 aromatic heterocycles. The smallest absolute Gasteiger partial charge is 0.310 e. The number of amides is 1. The van der Waals surface area contributed by atoms with Crippen molar-refractivity contribution in [3.63, 3.8) is 0 Å². The minimum atomic E-state index is -0.876. The molecule has 1 aliphatic rings. The Hall–Kier alpha value is -1.10. The summed E-state index contributed by atoms with van der Waals surface area (Å²) >= 11 is 0. The van der Waals surface area contributed by atoms with Crippen LogP contribution in [0.25, 0.3) is 0 Å². The molecule has 1 rings (SSSR count). The van der Waals surface area contributed by atoms with Gasteiger partial charge in [-0.1, -0.05) is 12.8 Å². The van der Waals surface area contributed by atoms with Crippen molar-refractivity contribution in [1.29, 1.82) is 0 Å². The van der Waals surface area contributed by atoms with E-state index in [1.165, 1.54) is 0 Å². The summed E-state index contributed by atoms with van der Waals surface area (Å²) < 4.78 is 0. The highest BCUT2D eigenvalue weighted by atomic mass is 16.4. The molecule has 0 radical (unpaired) electrons. The van der Waals surface area contributed by atoms with Gasteiger partial charge in [0.2, 0.25) is 5.91 Å². The van der Waals surface area contributed by atoms with E-state index in [2.05, 4.69) is 5.32 Å². The number of nitrogens with one attached hydrogen (secondary N) is 1. The molecule has 1 aliphatic carbocycles. The summed E-state index contributed by atoms with van der Waals surface area (Å²) in [5, 5.41) is 20.1. The van der Waals surface area contributed by atoms with Gasteiger partial charge in [-0.15, -0.1) is 0 Å². The Bertz CT molecular complexity index is 246. The molecular formula is C10H17NO4. The summed E-state index contributed by atoms with van der Waals surface area (Å²) in [6.45, 7) is 0.0698. The highest BCUT2D eigenvalue weighted by Gasteiger charge is 2.42. The summed E-state index contributed by atoms with van der Waals surface area (Å²) in [4.78, 5) is 22.5. The number of hydrogen-bond donors (Lipinski definition) is 3. The molecule has 86 valence electrons. The molecule has 0 saturated heterocycles. The van der Waals surface area contributed by atoms with E-state index in [4.69, 9.17) is 10.2 Å². The van der Waals surface area contributed by atoms with E-state index in [0.29, 0.717) is 12.8 Å². The van der Waals surface area contributed by atoms with Crippen molar-refractivity contribution in [1.82, 2.24) is 5.32 Å². The molecule has 0 spiro atoms. The van der Waals surface area contributed by atoms with Gasteiger partial charge in [0, 0.05) is 13.0 Å². The number of hydrogen-bond acceptors (Lipinski definition) is 3. The predicted octanol–water partition coefficient (Wildman–Crippen LogP) is 0.130. The zero-order chi connectivity index (χ0) is 11.3. The van der Waals surface area contributed by atoms with Crippen LogP contribution >= 0.6 is 0 Å². The third-order valence-electron chi connectivity index (χ3n) is 2.95. The molecule has 3 N–H and O–H groups in total. The molecule has 0 atom stereocenters. The molecule has 1 amide bonds. The van der Waals surface area contributed by atoms with Crippen molar-refractivity contribution in [3.8, 4) is 0 Å². The molecule has 15 heavy (non-hydrogen) atoms. The Morgan fingerprint density at radius 3 is 2.33 bits per heavy atom. The summed E-state index contributed by atoms with van der Waals surface area (Å²) in [5.74, 6) is -1.16. The van der Waals surface area contributed by atoms with Gasteiger partial charge < -0.3 is 15.5 Å². The lowest BCUT2D eigenvalue weighted by Gasteiger charge is -2.22. The van der Waals surface area contributed by atoms with Crippen molar-refractivity contribution in [3.05, 3.63) is 0 Å². The van der Waals surface area contributed by atoms with Crippen LogP contribution in [0.4, 0.5) is 0 Å². The zero-order valence-corrected chi connectivity index (χ0v) is 8.66. The number of aliphatic hydroxyl groups is 1. The van der Waals surface area contributed by atoms with Crippen LogP contribution in [0.3, 0.4) is 0 Å². The third-order valence-corrected chi connectivity index (χ3v) is 2.95. The molecule has 5 heteroatoms. The van der Waals surface area contributed by atoms with E-state index in [1.54, 1.807) is 0 Å². The van der Waals surface area contributed by atoms with E-state index >= 15 is 0 Å². The minimum Gasteiger partial charge on any atom is -0.481 e. The fourth-order valence-corrected chi connectivity index (χ4v) is 2.08. The van der Waals surface area contributed by atoms with Crippen LogP contribution in [-0.4, -0.2) is 35.2 Å². The quantitative estimate of drug-likeness (QED) is 0.608. The maximum absolute atomic E-state index is 11.4. The highest BCUT2D eigenvalue weighted by Crippen LogP contribution is 2.41. The molecule has 1 saturated carbocycles. The molecular weight excluding hydrogens is 198 g/mol. The first-order chi connectivity index (χ1) is 7.10. The lowest BCUT2D eigenvalue weighted by Crippen LogP contribution is -2.36. The fourth-order valence-electron chi connectivity index (χ4n) is 2.08. The number of aliphatic carboxylic acids is 1. The van der Waals surface area contributed by atoms with Crippen LogP contribution in [0.2, 0.25) is 0 Å². The Labute approximate surface area is 88.5 Å². The van der Waals surface area contributed by atoms with Gasteiger partial charge in [0.25, 0.3) is 0 Å². The highest BCUT2D eigenvalue weighted by molar-refractivity contribution is 5.85. The van der Waals surface area contributed by atoms with Crippen LogP contribution in [0, 0.1) is 5.41 Å². The van der Waals surface area contributed by atoms with Gasteiger partial charge in [0.1, 0.15) is 0 Å². The third kappa shape index (κ3) is 2.92. The van der Waals surface area contributed by atoms with Gasteiger partial charge in [-0.25, -0.2) is 0 Å². The average molecular weight is 215 g/mol. The van der Waals surface area contributed by atoms with Crippen molar-refractivity contribution < 1.29 is 19.8 Å². The van der Waals surface area contributed by atoms with Crippen LogP contribution in [0.15, 0.2) is 0 Å².